The summed E-state index contributed by atoms with van der Waals surface area (Å²) in [6.45, 7) is 1.89. The van der Waals surface area contributed by atoms with E-state index in [1.54, 1.807) is 7.11 Å². The predicted molar refractivity (Wildman–Crippen MR) is 55.8 cm³/mol. The number of ether oxygens (including phenoxy) is 1. The van der Waals surface area contributed by atoms with Gasteiger partial charge < -0.3 is 4.74 Å². The van der Waals surface area contributed by atoms with Crippen LogP contribution < -0.4 is 4.74 Å². The van der Waals surface area contributed by atoms with Gasteiger partial charge in [-0.05, 0) is 25.1 Å². The van der Waals surface area contributed by atoms with Crippen molar-refractivity contribution >= 4 is 22.4 Å². The van der Waals surface area contributed by atoms with Gasteiger partial charge in [0.25, 0.3) is 0 Å². The van der Waals surface area contributed by atoms with Gasteiger partial charge in [-0.15, -0.1) is 5.10 Å². The fourth-order valence-electron chi connectivity index (χ4n) is 1.36. The highest BCUT2D eigenvalue weighted by atomic mass is 35.5. The van der Waals surface area contributed by atoms with E-state index >= 15 is 0 Å². The van der Waals surface area contributed by atoms with Crippen molar-refractivity contribution in [1.82, 2.24) is 10.2 Å². The van der Waals surface area contributed by atoms with Crippen LogP contribution in [0.4, 0.5) is 0 Å². The Morgan fingerprint density at radius 3 is 2.71 bits per heavy atom. The summed E-state index contributed by atoms with van der Waals surface area (Å²) in [5, 5.41) is 10.1. The molecule has 0 saturated heterocycles. The average Bonchev–Trinajstić information content (AvgIpc) is 2.23. The van der Waals surface area contributed by atoms with E-state index in [1.807, 2.05) is 25.1 Å². The molecule has 2 rings (SSSR count). The third-order valence-corrected chi connectivity index (χ3v) is 2.41. The second-order valence-corrected chi connectivity index (χ2v) is 3.35. The summed E-state index contributed by atoms with van der Waals surface area (Å²) < 4.78 is 5.13. The molecular weight excluding hydrogens is 200 g/mol. The molecule has 0 saturated carbocycles. The fraction of sp³-hybridized carbons (Fsp3) is 0.200. The van der Waals surface area contributed by atoms with E-state index in [9.17, 15) is 0 Å². The third kappa shape index (κ3) is 1.40. The van der Waals surface area contributed by atoms with Crippen LogP contribution >= 0.6 is 11.6 Å². The normalized spacial score (nSPS) is 10.5. The Labute approximate surface area is 86.7 Å². The summed E-state index contributed by atoms with van der Waals surface area (Å²) in [6.07, 6.45) is 0. The highest BCUT2D eigenvalue weighted by Crippen LogP contribution is 2.26. The van der Waals surface area contributed by atoms with Crippen molar-refractivity contribution in [2.45, 2.75) is 6.92 Å². The number of hydrogen-bond acceptors (Lipinski definition) is 3. The van der Waals surface area contributed by atoms with E-state index in [2.05, 4.69) is 10.2 Å². The van der Waals surface area contributed by atoms with Crippen LogP contribution in [0.1, 0.15) is 5.69 Å². The number of rotatable bonds is 1. The maximum Gasteiger partial charge on any atom is 0.159 e. The van der Waals surface area contributed by atoms with Crippen molar-refractivity contribution in [3.63, 3.8) is 0 Å². The Balaban J connectivity index is 2.80. The van der Waals surface area contributed by atoms with E-state index < -0.39 is 0 Å². The molecule has 0 radical (unpaired) electrons. The molecule has 0 atom stereocenters. The molecule has 0 aliphatic carbocycles. The number of hydrogen-bond donors (Lipinski definition) is 0. The standard InChI is InChI=1S/C10H9ClN2O/c1-6-9-5-7(14-2)3-4-8(9)10(11)13-12-6/h3-5H,1-2H3. The molecule has 1 aromatic heterocycles. The number of aromatic nitrogens is 2. The first-order chi connectivity index (χ1) is 6.72. The lowest BCUT2D eigenvalue weighted by atomic mass is 10.1. The van der Waals surface area contributed by atoms with Crippen LogP contribution in [-0.4, -0.2) is 17.3 Å². The van der Waals surface area contributed by atoms with Crippen molar-refractivity contribution in [3.05, 3.63) is 29.0 Å². The van der Waals surface area contributed by atoms with E-state index in [4.69, 9.17) is 16.3 Å². The summed E-state index contributed by atoms with van der Waals surface area (Å²) in [5.74, 6) is 0.796. The quantitative estimate of drug-likeness (QED) is 0.723. The molecule has 0 aliphatic heterocycles. The van der Waals surface area contributed by atoms with E-state index in [1.165, 1.54) is 0 Å². The number of aryl methyl sites for hydroxylation is 1. The van der Waals surface area contributed by atoms with E-state index in [0.717, 1.165) is 22.2 Å². The Kier molecular flexibility index (Phi) is 2.25. The lowest BCUT2D eigenvalue weighted by Crippen LogP contribution is -1.91. The molecule has 0 N–H and O–H groups in total. The smallest absolute Gasteiger partial charge is 0.159 e. The van der Waals surface area contributed by atoms with Crippen molar-refractivity contribution in [1.29, 1.82) is 0 Å². The van der Waals surface area contributed by atoms with Gasteiger partial charge in [-0.3, -0.25) is 0 Å². The van der Waals surface area contributed by atoms with Gasteiger partial charge in [0.05, 0.1) is 12.8 Å². The molecule has 3 nitrogen and oxygen atoms in total. The molecule has 1 aromatic carbocycles. The molecule has 0 unspecified atom stereocenters. The number of benzene rings is 1. The molecule has 1 heterocycles. The van der Waals surface area contributed by atoms with Gasteiger partial charge in [-0.1, -0.05) is 11.6 Å². The van der Waals surface area contributed by atoms with Gasteiger partial charge in [-0.2, -0.15) is 5.10 Å². The minimum Gasteiger partial charge on any atom is -0.497 e. The van der Waals surface area contributed by atoms with Crippen LogP contribution in [0.3, 0.4) is 0 Å². The maximum absolute atomic E-state index is 5.91. The largest absolute Gasteiger partial charge is 0.497 e. The molecule has 0 fully saturated rings. The van der Waals surface area contributed by atoms with Crippen LogP contribution in [0.25, 0.3) is 10.8 Å². The minimum absolute atomic E-state index is 0.424. The SMILES string of the molecule is COc1ccc2c(Cl)nnc(C)c2c1. The minimum atomic E-state index is 0.424. The van der Waals surface area contributed by atoms with Crippen molar-refractivity contribution in [2.24, 2.45) is 0 Å². The lowest BCUT2D eigenvalue weighted by molar-refractivity contribution is 0.415. The Morgan fingerprint density at radius 1 is 1.21 bits per heavy atom. The second-order valence-electron chi connectivity index (χ2n) is 2.99. The zero-order chi connectivity index (χ0) is 10.1. The Bertz CT molecular complexity index is 485. The summed E-state index contributed by atoms with van der Waals surface area (Å²) >= 11 is 5.91. The van der Waals surface area contributed by atoms with E-state index in [0.29, 0.717) is 5.15 Å². The first kappa shape index (κ1) is 9.21. The predicted octanol–water partition coefficient (Wildman–Crippen LogP) is 2.60. The zero-order valence-electron chi connectivity index (χ0n) is 7.91. The fourth-order valence-corrected chi connectivity index (χ4v) is 1.56. The van der Waals surface area contributed by atoms with Gasteiger partial charge in [-0.25, -0.2) is 0 Å². The molecule has 4 heteroatoms. The molecule has 0 amide bonds. The van der Waals surface area contributed by atoms with Crippen LogP contribution in [0, 0.1) is 6.92 Å². The molecular formula is C10H9ClN2O. The Hall–Kier alpha value is -1.35. The maximum atomic E-state index is 5.91. The van der Waals surface area contributed by atoms with Crippen molar-refractivity contribution in [2.75, 3.05) is 7.11 Å². The Morgan fingerprint density at radius 2 is 2.00 bits per heavy atom. The zero-order valence-corrected chi connectivity index (χ0v) is 8.67. The first-order valence-corrected chi connectivity index (χ1v) is 4.56. The molecule has 0 spiro atoms. The summed E-state index contributed by atoms with van der Waals surface area (Å²) in [6, 6.07) is 5.65. The number of nitrogens with zero attached hydrogens (tertiary/aromatic N) is 2. The van der Waals surface area contributed by atoms with Gasteiger partial charge >= 0.3 is 0 Å². The van der Waals surface area contributed by atoms with Crippen molar-refractivity contribution in [3.8, 4) is 5.75 Å². The van der Waals surface area contributed by atoms with Crippen LogP contribution in [0.5, 0.6) is 5.75 Å². The average molecular weight is 209 g/mol. The topological polar surface area (TPSA) is 35.0 Å². The highest BCUT2D eigenvalue weighted by Gasteiger charge is 2.05. The summed E-state index contributed by atoms with van der Waals surface area (Å²) in [4.78, 5) is 0. The van der Waals surface area contributed by atoms with E-state index in [-0.39, 0.29) is 0 Å². The molecule has 2 aromatic rings. The van der Waals surface area contributed by atoms with Gasteiger partial charge in [0.1, 0.15) is 5.75 Å². The lowest BCUT2D eigenvalue weighted by Gasteiger charge is -2.04. The summed E-state index contributed by atoms with van der Waals surface area (Å²) in [7, 11) is 1.63. The van der Waals surface area contributed by atoms with Crippen LogP contribution in [0.15, 0.2) is 18.2 Å². The second kappa shape index (κ2) is 3.42. The van der Waals surface area contributed by atoms with Gasteiger partial charge in [0, 0.05) is 10.8 Å². The monoisotopic (exact) mass is 208 g/mol. The number of methoxy groups -OCH3 is 1. The van der Waals surface area contributed by atoms with Crippen LogP contribution in [-0.2, 0) is 0 Å². The third-order valence-electron chi connectivity index (χ3n) is 2.13. The molecule has 72 valence electrons. The number of halogens is 1. The van der Waals surface area contributed by atoms with Gasteiger partial charge in [0.2, 0.25) is 0 Å². The van der Waals surface area contributed by atoms with Crippen molar-refractivity contribution < 1.29 is 4.74 Å². The molecule has 0 bridgehead atoms. The highest BCUT2D eigenvalue weighted by molar-refractivity contribution is 6.34. The number of fused-ring (bicyclic) bond motifs is 1. The molecule has 14 heavy (non-hydrogen) atoms. The molecule has 0 aliphatic rings. The van der Waals surface area contributed by atoms with Gasteiger partial charge in [0.15, 0.2) is 5.15 Å². The van der Waals surface area contributed by atoms with Crippen LogP contribution in [0.2, 0.25) is 5.15 Å². The first-order valence-electron chi connectivity index (χ1n) is 4.19. The summed E-state index contributed by atoms with van der Waals surface area (Å²) in [5.41, 5.74) is 0.850.